The van der Waals surface area contributed by atoms with Crippen molar-refractivity contribution in [3.8, 4) is 5.69 Å². The van der Waals surface area contributed by atoms with Crippen LogP contribution < -0.4 is 16.2 Å². The fourth-order valence-corrected chi connectivity index (χ4v) is 4.13. The standard InChI is InChI=1S/C21H24FN3O3.ClH/c1-14-6-11-25(17-4-2-15(22)3-5-17)20(27)18(14)19(26)24-16-12-21(28-13-16)7-9-23-10-8-21;/h2-6,11,16,23H,7-10,12-13H2,1H3,(H,24,26);1H. The van der Waals surface area contributed by atoms with E-state index < -0.39 is 11.5 Å². The first-order valence-corrected chi connectivity index (χ1v) is 9.61. The zero-order valence-electron chi connectivity index (χ0n) is 16.2. The van der Waals surface area contributed by atoms with Crippen molar-refractivity contribution in [1.82, 2.24) is 15.2 Å². The molecule has 156 valence electrons. The van der Waals surface area contributed by atoms with Crippen LogP contribution in [0.25, 0.3) is 5.69 Å². The van der Waals surface area contributed by atoms with Crippen molar-refractivity contribution < 1.29 is 13.9 Å². The van der Waals surface area contributed by atoms with Crippen LogP contribution in [0.2, 0.25) is 0 Å². The van der Waals surface area contributed by atoms with Crippen LogP contribution >= 0.6 is 12.4 Å². The molecule has 1 atom stereocenters. The number of ether oxygens (including phenoxy) is 1. The Balaban J connectivity index is 0.00000240. The first kappa shape index (κ1) is 21.5. The highest BCUT2D eigenvalue weighted by atomic mass is 35.5. The summed E-state index contributed by atoms with van der Waals surface area (Å²) in [5.41, 5.74) is 0.649. The zero-order chi connectivity index (χ0) is 19.7. The van der Waals surface area contributed by atoms with Gasteiger partial charge in [-0.05, 0) is 75.2 Å². The SMILES string of the molecule is Cc1ccn(-c2ccc(F)cc2)c(=O)c1C(=O)NC1COC2(CCNCC2)C1.Cl. The second-order valence-corrected chi connectivity index (χ2v) is 7.64. The minimum Gasteiger partial charge on any atom is -0.373 e. The minimum atomic E-state index is -0.417. The number of aryl methyl sites for hydroxylation is 1. The van der Waals surface area contributed by atoms with E-state index in [1.807, 2.05) is 0 Å². The maximum absolute atomic E-state index is 13.2. The van der Waals surface area contributed by atoms with Gasteiger partial charge in [0.05, 0.1) is 18.2 Å². The summed E-state index contributed by atoms with van der Waals surface area (Å²) in [4.78, 5) is 25.9. The Morgan fingerprint density at radius 1 is 1.24 bits per heavy atom. The quantitative estimate of drug-likeness (QED) is 0.798. The van der Waals surface area contributed by atoms with E-state index in [2.05, 4.69) is 10.6 Å². The number of amides is 1. The first-order valence-electron chi connectivity index (χ1n) is 9.61. The third-order valence-corrected chi connectivity index (χ3v) is 5.69. The Morgan fingerprint density at radius 3 is 2.62 bits per heavy atom. The van der Waals surface area contributed by atoms with Crippen molar-refractivity contribution in [1.29, 1.82) is 0 Å². The molecule has 1 unspecified atom stereocenters. The average molecular weight is 422 g/mol. The third kappa shape index (κ3) is 4.37. The number of hydrogen-bond acceptors (Lipinski definition) is 4. The maximum Gasteiger partial charge on any atom is 0.268 e. The van der Waals surface area contributed by atoms with Gasteiger partial charge < -0.3 is 15.4 Å². The van der Waals surface area contributed by atoms with Gasteiger partial charge in [-0.3, -0.25) is 14.2 Å². The molecule has 1 aromatic carbocycles. The van der Waals surface area contributed by atoms with Crippen molar-refractivity contribution in [2.45, 2.75) is 37.8 Å². The molecule has 2 N–H and O–H groups in total. The molecule has 6 nitrogen and oxygen atoms in total. The minimum absolute atomic E-state index is 0. The number of carbonyl (C=O) groups is 1. The lowest BCUT2D eigenvalue weighted by molar-refractivity contribution is -0.0194. The summed E-state index contributed by atoms with van der Waals surface area (Å²) < 4.78 is 20.6. The second-order valence-electron chi connectivity index (χ2n) is 7.64. The summed E-state index contributed by atoms with van der Waals surface area (Å²) >= 11 is 0. The monoisotopic (exact) mass is 421 g/mol. The molecule has 8 heteroatoms. The highest BCUT2D eigenvalue weighted by Crippen LogP contribution is 2.34. The molecule has 29 heavy (non-hydrogen) atoms. The Kier molecular flexibility index (Phi) is 6.41. The average Bonchev–Trinajstić information content (AvgIpc) is 3.05. The molecule has 0 saturated carbocycles. The highest BCUT2D eigenvalue weighted by Gasteiger charge is 2.41. The van der Waals surface area contributed by atoms with Crippen LogP contribution in [-0.2, 0) is 4.74 Å². The van der Waals surface area contributed by atoms with Crippen molar-refractivity contribution in [3.05, 3.63) is 63.8 Å². The summed E-state index contributed by atoms with van der Waals surface area (Å²) in [6, 6.07) is 7.22. The van der Waals surface area contributed by atoms with Gasteiger partial charge in [0, 0.05) is 11.9 Å². The Labute approximate surface area is 174 Å². The number of carbonyl (C=O) groups excluding carboxylic acids is 1. The van der Waals surface area contributed by atoms with Gasteiger partial charge in [0.25, 0.3) is 11.5 Å². The molecule has 2 saturated heterocycles. The summed E-state index contributed by atoms with van der Waals surface area (Å²) in [7, 11) is 0. The van der Waals surface area contributed by atoms with Crippen LogP contribution in [-0.4, -0.2) is 41.8 Å². The van der Waals surface area contributed by atoms with E-state index in [0.717, 1.165) is 32.4 Å². The molecule has 1 amide bonds. The van der Waals surface area contributed by atoms with Crippen LogP contribution in [0.1, 0.15) is 35.2 Å². The molecule has 1 spiro atoms. The van der Waals surface area contributed by atoms with Gasteiger partial charge in [-0.1, -0.05) is 0 Å². The molecule has 3 heterocycles. The maximum atomic E-state index is 13.2. The molecule has 2 aliphatic heterocycles. The summed E-state index contributed by atoms with van der Waals surface area (Å²) in [5, 5.41) is 6.30. The van der Waals surface area contributed by atoms with Crippen molar-refractivity contribution in [3.63, 3.8) is 0 Å². The van der Waals surface area contributed by atoms with Gasteiger partial charge in [-0.15, -0.1) is 12.4 Å². The molecular formula is C21H25ClFN3O3. The number of rotatable bonds is 3. The number of halogens is 2. The summed E-state index contributed by atoms with van der Waals surface area (Å²) in [6.07, 6.45) is 4.23. The molecule has 0 bridgehead atoms. The Morgan fingerprint density at radius 2 is 1.93 bits per heavy atom. The number of nitrogens with one attached hydrogen (secondary N) is 2. The van der Waals surface area contributed by atoms with Gasteiger partial charge in [-0.2, -0.15) is 0 Å². The number of piperidine rings is 1. The van der Waals surface area contributed by atoms with Gasteiger partial charge in [0.1, 0.15) is 11.4 Å². The van der Waals surface area contributed by atoms with Crippen LogP contribution in [0.4, 0.5) is 4.39 Å². The fraction of sp³-hybridized carbons (Fsp3) is 0.429. The van der Waals surface area contributed by atoms with Gasteiger partial charge in [0.15, 0.2) is 0 Å². The third-order valence-electron chi connectivity index (χ3n) is 5.69. The predicted octanol–water partition coefficient (Wildman–Crippen LogP) is 2.35. The van der Waals surface area contributed by atoms with Crippen LogP contribution in [0.3, 0.4) is 0 Å². The van der Waals surface area contributed by atoms with E-state index in [-0.39, 0.29) is 35.4 Å². The summed E-state index contributed by atoms with van der Waals surface area (Å²) in [6.45, 7) is 4.04. The molecule has 2 aliphatic rings. The molecule has 1 aromatic heterocycles. The lowest BCUT2D eigenvalue weighted by atomic mass is 9.88. The van der Waals surface area contributed by atoms with Crippen LogP contribution in [0, 0.1) is 12.7 Å². The van der Waals surface area contributed by atoms with Gasteiger partial charge in [-0.25, -0.2) is 4.39 Å². The Bertz CT molecular complexity index is 939. The van der Waals surface area contributed by atoms with Gasteiger partial charge >= 0.3 is 0 Å². The number of pyridine rings is 1. The number of nitrogens with zero attached hydrogens (tertiary/aromatic N) is 1. The second kappa shape index (κ2) is 8.65. The lowest BCUT2D eigenvalue weighted by Gasteiger charge is -2.32. The number of benzene rings is 1. The summed E-state index contributed by atoms with van der Waals surface area (Å²) in [5.74, 6) is -0.770. The number of aromatic nitrogens is 1. The fourth-order valence-electron chi connectivity index (χ4n) is 4.13. The highest BCUT2D eigenvalue weighted by molar-refractivity contribution is 5.95. The van der Waals surface area contributed by atoms with E-state index >= 15 is 0 Å². The molecule has 2 fully saturated rings. The smallest absolute Gasteiger partial charge is 0.268 e. The van der Waals surface area contributed by atoms with Crippen molar-refractivity contribution >= 4 is 18.3 Å². The largest absolute Gasteiger partial charge is 0.373 e. The normalized spacial score (nSPS) is 20.3. The molecule has 0 aliphatic carbocycles. The number of hydrogen-bond donors (Lipinski definition) is 2. The van der Waals surface area contributed by atoms with E-state index in [1.54, 1.807) is 19.2 Å². The molecule has 4 rings (SSSR count). The van der Waals surface area contributed by atoms with E-state index in [4.69, 9.17) is 4.74 Å². The zero-order valence-corrected chi connectivity index (χ0v) is 17.1. The lowest BCUT2D eigenvalue weighted by Crippen LogP contribution is -2.43. The van der Waals surface area contributed by atoms with Crippen molar-refractivity contribution in [2.24, 2.45) is 0 Å². The predicted molar refractivity (Wildman–Crippen MR) is 111 cm³/mol. The van der Waals surface area contributed by atoms with Crippen molar-refractivity contribution in [2.75, 3.05) is 19.7 Å². The Hall–Kier alpha value is -2.22. The van der Waals surface area contributed by atoms with E-state index in [0.29, 0.717) is 17.9 Å². The van der Waals surface area contributed by atoms with Crippen LogP contribution in [0.15, 0.2) is 41.3 Å². The van der Waals surface area contributed by atoms with E-state index in [9.17, 15) is 14.0 Å². The van der Waals surface area contributed by atoms with E-state index in [1.165, 1.54) is 28.8 Å². The molecular weight excluding hydrogens is 397 g/mol. The topological polar surface area (TPSA) is 72.4 Å². The first-order chi connectivity index (χ1) is 13.5. The van der Waals surface area contributed by atoms with Crippen LogP contribution in [0.5, 0.6) is 0 Å². The molecule has 0 radical (unpaired) electrons. The molecule has 2 aromatic rings. The van der Waals surface area contributed by atoms with Gasteiger partial charge in [0.2, 0.25) is 0 Å².